The van der Waals surface area contributed by atoms with Gasteiger partial charge in [-0.1, -0.05) is 45.4 Å². The van der Waals surface area contributed by atoms with Gasteiger partial charge in [0.1, 0.15) is 6.04 Å². The Morgan fingerprint density at radius 3 is 2.43 bits per heavy atom. The second-order valence-corrected chi connectivity index (χ2v) is 5.61. The van der Waals surface area contributed by atoms with Crippen LogP contribution in [0.4, 0.5) is 4.79 Å². The topological polar surface area (TPSA) is 55.8 Å². The van der Waals surface area contributed by atoms with E-state index in [4.69, 9.17) is 4.74 Å². The molecule has 0 radical (unpaired) electrons. The molecule has 0 N–H and O–H groups in total. The first-order valence-electron chi connectivity index (χ1n) is 8.22. The van der Waals surface area contributed by atoms with E-state index in [0.717, 1.165) is 19.3 Å². The van der Waals surface area contributed by atoms with Crippen LogP contribution < -0.4 is 0 Å². The van der Waals surface area contributed by atoms with Crippen molar-refractivity contribution in [2.45, 2.75) is 70.8 Å². The molecule has 21 heavy (non-hydrogen) atoms. The Morgan fingerprint density at radius 2 is 1.76 bits per heavy atom. The first kappa shape index (κ1) is 17.8. The van der Waals surface area contributed by atoms with Gasteiger partial charge in [-0.25, -0.2) is 9.59 Å². The zero-order valence-electron chi connectivity index (χ0n) is 13.4. The summed E-state index contributed by atoms with van der Waals surface area (Å²) in [5.74, 6) is -0.288. The van der Waals surface area contributed by atoms with Crippen LogP contribution in [0.5, 0.6) is 0 Å². The predicted molar refractivity (Wildman–Crippen MR) is 81.1 cm³/mol. The third-order valence-corrected chi connectivity index (χ3v) is 3.93. The van der Waals surface area contributed by atoms with Gasteiger partial charge in [0.25, 0.3) is 0 Å². The number of rotatable bonds is 9. The van der Waals surface area contributed by atoms with Crippen molar-refractivity contribution in [2.75, 3.05) is 20.3 Å². The van der Waals surface area contributed by atoms with E-state index in [1.54, 1.807) is 0 Å². The van der Waals surface area contributed by atoms with E-state index in [1.807, 2.05) is 0 Å². The Bertz CT molecular complexity index is 319. The molecule has 1 heterocycles. The second kappa shape index (κ2) is 10.5. The third-order valence-electron chi connectivity index (χ3n) is 3.93. The van der Waals surface area contributed by atoms with Crippen LogP contribution in [0.15, 0.2) is 0 Å². The van der Waals surface area contributed by atoms with Crippen LogP contribution in [-0.2, 0) is 14.3 Å². The Labute approximate surface area is 128 Å². The van der Waals surface area contributed by atoms with Crippen molar-refractivity contribution < 1.29 is 19.1 Å². The molecule has 5 nitrogen and oxygen atoms in total. The number of hydrogen-bond acceptors (Lipinski definition) is 4. The van der Waals surface area contributed by atoms with Crippen molar-refractivity contribution in [3.05, 3.63) is 0 Å². The van der Waals surface area contributed by atoms with E-state index >= 15 is 0 Å². The van der Waals surface area contributed by atoms with Gasteiger partial charge in [-0.3, -0.25) is 4.90 Å². The normalized spacial score (nSPS) is 17.8. The Kier molecular flexibility index (Phi) is 8.87. The van der Waals surface area contributed by atoms with Gasteiger partial charge < -0.3 is 9.47 Å². The Morgan fingerprint density at radius 1 is 1.10 bits per heavy atom. The molecule has 0 aromatic carbocycles. The van der Waals surface area contributed by atoms with Crippen molar-refractivity contribution in [1.82, 2.24) is 4.90 Å². The molecule has 1 rings (SSSR count). The number of unbranched alkanes of at least 4 members (excludes halogenated alkanes) is 6. The van der Waals surface area contributed by atoms with Gasteiger partial charge in [-0.05, 0) is 19.3 Å². The van der Waals surface area contributed by atoms with Gasteiger partial charge in [-0.15, -0.1) is 0 Å². The number of amides is 1. The van der Waals surface area contributed by atoms with E-state index in [1.165, 1.54) is 44.1 Å². The molecule has 1 saturated heterocycles. The van der Waals surface area contributed by atoms with Crippen LogP contribution in [0.3, 0.4) is 0 Å². The van der Waals surface area contributed by atoms with E-state index < -0.39 is 12.1 Å². The summed E-state index contributed by atoms with van der Waals surface area (Å²) in [5.41, 5.74) is 0. The van der Waals surface area contributed by atoms with Gasteiger partial charge in [0.2, 0.25) is 0 Å². The minimum Gasteiger partial charge on any atom is -0.464 e. The predicted octanol–water partition coefficient (Wildman–Crippen LogP) is 3.51. The quantitative estimate of drug-likeness (QED) is 0.483. The number of methoxy groups -OCH3 is 1. The largest absolute Gasteiger partial charge is 0.464 e. The highest BCUT2D eigenvalue weighted by molar-refractivity contribution is 5.82. The summed E-state index contributed by atoms with van der Waals surface area (Å²) < 4.78 is 9.97. The highest BCUT2D eigenvalue weighted by atomic mass is 16.6. The Hall–Kier alpha value is -1.26. The molecule has 0 spiro atoms. The fourth-order valence-corrected chi connectivity index (χ4v) is 2.68. The number of carbonyl (C=O) groups excluding carboxylic acids is 2. The smallest absolute Gasteiger partial charge is 0.410 e. The summed E-state index contributed by atoms with van der Waals surface area (Å²) in [4.78, 5) is 25.0. The lowest BCUT2D eigenvalue weighted by atomic mass is 10.1. The molecule has 1 fully saturated rings. The molecule has 1 atom stereocenters. The summed E-state index contributed by atoms with van der Waals surface area (Å²) in [6.45, 7) is 3.24. The molecule has 0 bridgehead atoms. The lowest BCUT2D eigenvalue weighted by Gasteiger charge is -2.21. The molecule has 0 aromatic heterocycles. The minimum absolute atomic E-state index is 0.288. The number of esters is 1. The molecular weight excluding hydrogens is 270 g/mol. The van der Waals surface area contributed by atoms with E-state index in [-0.39, 0.29) is 5.97 Å². The zero-order valence-corrected chi connectivity index (χ0v) is 13.4. The maximum atomic E-state index is 12.0. The maximum absolute atomic E-state index is 12.0. The number of likely N-dealkylation sites (tertiary alicyclic amines) is 1. The minimum atomic E-state index is -0.456. The van der Waals surface area contributed by atoms with Crippen LogP contribution in [0.25, 0.3) is 0 Å². The fraction of sp³-hybridized carbons (Fsp3) is 0.875. The van der Waals surface area contributed by atoms with Gasteiger partial charge in [0.05, 0.1) is 13.7 Å². The van der Waals surface area contributed by atoms with E-state index in [2.05, 4.69) is 11.7 Å². The van der Waals surface area contributed by atoms with Crippen molar-refractivity contribution in [1.29, 1.82) is 0 Å². The van der Waals surface area contributed by atoms with Crippen molar-refractivity contribution in [3.63, 3.8) is 0 Å². The van der Waals surface area contributed by atoms with Crippen molar-refractivity contribution in [2.24, 2.45) is 0 Å². The van der Waals surface area contributed by atoms with Crippen LogP contribution in [0.1, 0.15) is 64.7 Å². The van der Waals surface area contributed by atoms with Crippen LogP contribution >= 0.6 is 0 Å². The monoisotopic (exact) mass is 299 g/mol. The number of ether oxygens (including phenoxy) is 2. The van der Waals surface area contributed by atoms with Crippen LogP contribution in [-0.4, -0.2) is 43.3 Å². The first-order valence-corrected chi connectivity index (χ1v) is 8.22. The van der Waals surface area contributed by atoms with Crippen molar-refractivity contribution >= 4 is 12.1 Å². The van der Waals surface area contributed by atoms with Crippen LogP contribution in [0, 0.1) is 0 Å². The van der Waals surface area contributed by atoms with Gasteiger partial charge >= 0.3 is 12.1 Å². The van der Waals surface area contributed by atoms with E-state index in [9.17, 15) is 9.59 Å². The van der Waals surface area contributed by atoms with Gasteiger partial charge in [0.15, 0.2) is 0 Å². The summed E-state index contributed by atoms with van der Waals surface area (Å²) in [5, 5.41) is 0. The molecule has 0 saturated carbocycles. The molecule has 1 aliphatic rings. The lowest BCUT2D eigenvalue weighted by molar-refractivity contribution is -0.148. The van der Waals surface area contributed by atoms with Crippen molar-refractivity contribution in [3.8, 4) is 0 Å². The molecule has 0 aliphatic carbocycles. The number of carbonyl (C=O) groups is 2. The fourth-order valence-electron chi connectivity index (χ4n) is 2.68. The average Bonchev–Trinajstić information content (AvgIpc) is 2.98. The van der Waals surface area contributed by atoms with Gasteiger partial charge in [0, 0.05) is 6.54 Å². The highest BCUT2D eigenvalue weighted by Gasteiger charge is 2.35. The second-order valence-electron chi connectivity index (χ2n) is 5.61. The van der Waals surface area contributed by atoms with E-state index in [0.29, 0.717) is 19.6 Å². The lowest BCUT2D eigenvalue weighted by Crippen LogP contribution is -2.41. The SMILES string of the molecule is CCCCCCCCCOC(=O)[C@@H]1CCCN1C(=O)OC. The van der Waals surface area contributed by atoms with Gasteiger partial charge in [-0.2, -0.15) is 0 Å². The van der Waals surface area contributed by atoms with Crippen LogP contribution in [0.2, 0.25) is 0 Å². The summed E-state index contributed by atoms with van der Waals surface area (Å²) in [7, 11) is 1.33. The summed E-state index contributed by atoms with van der Waals surface area (Å²) in [6.07, 6.45) is 9.39. The molecule has 1 amide bonds. The zero-order chi connectivity index (χ0) is 15.5. The average molecular weight is 299 g/mol. The summed E-state index contributed by atoms with van der Waals surface area (Å²) in [6, 6.07) is -0.456. The Balaban J connectivity index is 2.11. The summed E-state index contributed by atoms with van der Waals surface area (Å²) >= 11 is 0. The number of hydrogen-bond donors (Lipinski definition) is 0. The molecule has 122 valence electrons. The highest BCUT2D eigenvalue weighted by Crippen LogP contribution is 2.19. The molecular formula is C16H29NO4. The molecule has 0 unspecified atom stereocenters. The molecule has 5 heteroatoms. The third kappa shape index (κ3) is 6.36. The first-order chi connectivity index (χ1) is 10.2. The standard InChI is InChI=1S/C16H29NO4/c1-3-4-5-6-7-8-9-13-21-15(18)14-11-10-12-17(14)16(19)20-2/h14H,3-13H2,1-2H3/t14-/m0/s1. The number of nitrogens with zero attached hydrogens (tertiary/aromatic N) is 1. The molecule has 0 aromatic rings. The molecule has 1 aliphatic heterocycles. The maximum Gasteiger partial charge on any atom is 0.410 e.